The first kappa shape index (κ1) is 10.7. The summed E-state index contributed by atoms with van der Waals surface area (Å²) in [6.07, 6.45) is 4.19. The molecule has 0 fully saturated rings. The van der Waals surface area contributed by atoms with E-state index in [9.17, 15) is 0 Å². The molecule has 0 saturated heterocycles. The van der Waals surface area contributed by atoms with Crippen LogP contribution >= 0.6 is 11.6 Å². The van der Waals surface area contributed by atoms with Crippen LogP contribution < -0.4 is 10.5 Å². The van der Waals surface area contributed by atoms with Gasteiger partial charge in [-0.1, -0.05) is 11.6 Å². The van der Waals surface area contributed by atoms with Crippen molar-refractivity contribution < 1.29 is 9.15 Å². The van der Waals surface area contributed by atoms with Crippen molar-refractivity contribution in [2.75, 3.05) is 6.54 Å². The summed E-state index contributed by atoms with van der Waals surface area (Å²) < 4.78 is 10.9. The molecular formula is C13H12ClNO2. The Balaban J connectivity index is 2.12. The molecule has 0 saturated carbocycles. The van der Waals surface area contributed by atoms with Crippen molar-refractivity contribution in [2.24, 2.45) is 5.73 Å². The molecule has 2 N–H and O–H groups in total. The third-order valence-corrected chi connectivity index (χ3v) is 3.18. The molecule has 1 aliphatic heterocycles. The Kier molecular flexibility index (Phi) is 2.57. The molecular weight excluding hydrogens is 238 g/mol. The summed E-state index contributed by atoms with van der Waals surface area (Å²) in [6.45, 7) is 0.511. The maximum Gasteiger partial charge on any atom is 0.131 e. The lowest BCUT2D eigenvalue weighted by atomic mass is 10.0. The molecule has 2 aromatic rings. The fraction of sp³-hybridized carbons (Fsp3) is 0.231. The van der Waals surface area contributed by atoms with Gasteiger partial charge in [0.05, 0.1) is 12.5 Å². The Morgan fingerprint density at radius 3 is 3.00 bits per heavy atom. The minimum Gasteiger partial charge on any atom is -0.488 e. The van der Waals surface area contributed by atoms with Crippen molar-refractivity contribution in [3.63, 3.8) is 0 Å². The quantitative estimate of drug-likeness (QED) is 0.890. The molecule has 0 bridgehead atoms. The molecule has 1 atom stereocenters. The molecule has 88 valence electrons. The van der Waals surface area contributed by atoms with Crippen molar-refractivity contribution in [3.05, 3.63) is 41.3 Å². The van der Waals surface area contributed by atoms with E-state index in [1.807, 2.05) is 18.2 Å². The number of nitrogens with two attached hydrogens (primary N) is 1. The molecule has 2 heterocycles. The van der Waals surface area contributed by atoms with E-state index in [1.54, 1.807) is 12.5 Å². The molecule has 17 heavy (non-hydrogen) atoms. The summed E-state index contributed by atoms with van der Waals surface area (Å²) >= 11 is 6.12. The average Bonchev–Trinajstić information content (AvgIpc) is 2.96. The maximum atomic E-state index is 6.12. The van der Waals surface area contributed by atoms with Gasteiger partial charge in [0.25, 0.3) is 0 Å². The second kappa shape index (κ2) is 4.09. The van der Waals surface area contributed by atoms with Gasteiger partial charge in [0.15, 0.2) is 0 Å². The van der Waals surface area contributed by atoms with Gasteiger partial charge < -0.3 is 14.9 Å². The van der Waals surface area contributed by atoms with Crippen LogP contribution in [0.4, 0.5) is 0 Å². The fourth-order valence-electron chi connectivity index (χ4n) is 2.16. The lowest BCUT2D eigenvalue weighted by Gasteiger charge is -2.09. The summed E-state index contributed by atoms with van der Waals surface area (Å²) in [5.41, 5.74) is 8.70. The Morgan fingerprint density at radius 2 is 2.29 bits per heavy atom. The Labute approximate surface area is 104 Å². The molecule has 0 spiro atoms. The summed E-state index contributed by atoms with van der Waals surface area (Å²) in [5.74, 6) is 0.881. The zero-order valence-corrected chi connectivity index (χ0v) is 9.91. The van der Waals surface area contributed by atoms with Crippen LogP contribution in [-0.4, -0.2) is 12.6 Å². The molecule has 3 rings (SSSR count). The van der Waals surface area contributed by atoms with Crippen LogP contribution in [0, 0.1) is 0 Å². The lowest BCUT2D eigenvalue weighted by molar-refractivity contribution is 0.242. The lowest BCUT2D eigenvalue weighted by Crippen LogP contribution is -2.24. The van der Waals surface area contributed by atoms with Crippen molar-refractivity contribution in [1.82, 2.24) is 0 Å². The summed E-state index contributed by atoms with van der Waals surface area (Å²) in [6, 6.07) is 5.73. The van der Waals surface area contributed by atoms with Gasteiger partial charge in [-0.25, -0.2) is 0 Å². The number of hydrogen-bond acceptors (Lipinski definition) is 3. The third kappa shape index (κ3) is 1.81. The number of ether oxygens (including phenoxy) is 1. The minimum atomic E-state index is 0.0501. The zero-order chi connectivity index (χ0) is 11.8. The first-order chi connectivity index (χ1) is 8.28. The van der Waals surface area contributed by atoms with Gasteiger partial charge in [0.2, 0.25) is 0 Å². The molecule has 1 unspecified atom stereocenters. The number of fused-ring (bicyclic) bond motifs is 1. The summed E-state index contributed by atoms with van der Waals surface area (Å²) in [7, 11) is 0. The topological polar surface area (TPSA) is 48.4 Å². The first-order valence-corrected chi connectivity index (χ1v) is 5.87. The fourth-order valence-corrected chi connectivity index (χ4v) is 2.40. The van der Waals surface area contributed by atoms with E-state index in [0.717, 1.165) is 28.9 Å². The average molecular weight is 250 g/mol. The van der Waals surface area contributed by atoms with E-state index >= 15 is 0 Å². The molecule has 4 heteroatoms. The first-order valence-electron chi connectivity index (χ1n) is 5.49. The van der Waals surface area contributed by atoms with Crippen LogP contribution in [0.25, 0.3) is 11.1 Å². The van der Waals surface area contributed by atoms with E-state index in [2.05, 4.69) is 0 Å². The highest BCUT2D eigenvalue weighted by Gasteiger charge is 2.25. The van der Waals surface area contributed by atoms with Gasteiger partial charge in [-0.15, -0.1) is 0 Å². The predicted octanol–water partition coefficient (Wildman–Crippen LogP) is 2.86. The number of benzene rings is 1. The highest BCUT2D eigenvalue weighted by Crippen LogP contribution is 2.40. The Hall–Kier alpha value is -1.45. The molecule has 0 aliphatic carbocycles. The number of hydrogen-bond donors (Lipinski definition) is 1. The monoisotopic (exact) mass is 249 g/mol. The van der Waals surface area contributed by atoms with Gasteiger partial charge >= 0.3 is 0 Å². The number of halogens is 1. The largest absolute Gasteiger partial charge is 0.488 e. The van der Waals surface area contributed by atoms with Crippen LogP contribution in [0.15, 0.2) is 35.1 Å². The third-order valence-electron chi connectivity index (χ3n) is 2.96. The highest BCUT2D eigenvalue weighted by molar-refractivity contribution is 6.31. The highest BCUT2D eigenvalue weighted by atomic mass is 35.5. The molecule has 1 aromatic carbocycles. The van der Waals surface area contributed by atoms with Gasteiger partial charge in [-0.3, -0.25) is 0 Å². The van der Waals surface area contributed by atoms with Crippen molar-refractivity contribution >= 4 is 11.6 Å². The van der Waals surface area contributed by atoms with Gasteiger partial charge in [-0.2, -0.15) is 0 Å². The van der Waals surface area contributed by atoms with Crippen LogP contribution in [0.3, 0.4) is 0 Å². The Morgan fingerprint density at radius 1 is 1.41 bits per heavy atom. The number of rotatable bonds is 2. The van der Waals surface area contributed by atoms with Gasteiger partial charge in [0.1, 0.15) is 11.9 Å². The van der Waals surface area contributed by atoms with E-state index in [1.165, 1.54) is 0 Å². The van der Waals surface area contributed by atoms with Gasteiger partial charge in [0, 0.05) is 29.1 Å². The smallest absolute Gasteiger partial charge is 0.131 e. The molecule has 1 aromatic heterocycles. The van der Waals surface area contributed by atoms with Crippen LogP contribution in [0.5, 0.6) is 5.75 Å². The molecule has 3 nitrogen and oxygen atoms in total. The second-order valence-corrected chi connectivity index (χ2v) is 4.57. The standard InChI is InChI=1S/C13H12ClNO2/c14-10-3-9-4-11(6-15)17-13(9)12(5-10)8-1-2-16-7-8/h1-3,5,7,11H,4,6,15H2. The molecule has 1 aliphatic rings. The molecule has 0 amide bonds. The van der Waals surface area contributed by atoms with Crippen molar-refractivity contribution in [1.29, 1.82) is 0 Å². The second-order valence-electron chi connectivity index (χ2n) is 4.13. The van der Waals surface area contributed by atoms with E-state index in [-0.39, 0.29) is 6.10 Å². The van der Waals surface area contributed by atoms with E-state index < -0.39 is 0 Å². The van der Waals surface area contributed by atoms with Crippen molar-refractivity contribution in [2.45, 2.75) is 12.5 Å². The SMILES string of the molecule is NCC1Cc2cc(Cl)cc(-c3ccoc3)c2O1. The number of furan rings is 1. The van der Waals surface area contributed by atoms with Crippen LogP contribution in [0.1, 0.15) is 5.56 Å². The maximum absolute atomic E-state index is 6.12. The van der Waals surface area contributed by atoms with Gasteiger partial charge in [-0.05, 0) is 23.8 Å². The van der Waals surface area contributed by atoms with E-state index in [0.29, 0.717) is 11.6 Å². The summed E-state index contributed by atoms with van der Waals surface area (Å²) in [4.78, 5) is 0. The van der Waals surface area contributed by atoms with E-state index in [4.69, 9.17) is 26.5 Å². The Bertz CT molecular complexity index is 537. The summed E-state index contributed by atoms with van der Waals surface area (Å²) in [5, 5.41) is 0.709. The van der Waals surface area contributed by atoms with Crippen molar-refractivity contribution in [3.8, 4) is 16.9 Å². The zero-order valence-electron chi connectivity index (χ0n) is 9.15. The van der Waals surface area contributed by atoms with Crippen LogP contribution in [0.2, 0.25) is 5.02 Å². The predicted molar refractivity (Wildman–Crippen MR) is 66.3 cm³/mol. The normalized spacial score (nSPS) is 17.9. The molecule has 0 radical (unpaired) electrons. The van der Waals surface area contributed by atoms with Crippen LogP contribution in [-0.2, 0) is 6.42 Å². The minimum absolute atomic E-state index is 0.0501.